The molecule has 0 spiro atoms. The van der Waals surface area contributed by atoms with Crippen molar-refractivity contribution in [2.45, 2.75) is 12.5 Å². The van der Waals surface area contributed by atoms with Gasteiger partial charge in [0.1, 0.15) is 16.6 Å². The standard InChI is InChI=1S/C14H15N3O2S/c15-12-6-16-13(20-12)11-7-17(8-11)14(18)19-9-10-4-2-1-3-5-10/h1-6,11H,7-9,15H2. The van der Waals surface area contributed by atoms with E-state index in [1.807, 2.05) is 30.3 Å². The Balaban J connectivity index is 1.46. The first kappa shape index (κ1) is 12.9. The predicted molar refractivity (Wildman–Crippen MR) is 77.5 cm³/mol. The molecule has 6 heteroatoms. The van der Waals surface area contributed by atoms with E-state index < -0.39 is 0 Å². The minimum Gasteiger partial charge on any atom is -0.445 e. The normalized spacial score (nSPS) is 14.9. The smallest absolute Gasteiger partial charge is 0.410 e. The maximum Gasteiger partial charge on any atom is 0.410 e. The van der Waals surface area contributed by atoms with E-state index in [2.05, 4.69) is 4.98 Å². The van der Waals surface area contributed by atoms with Crippen LogP contribution in [0.25, 0.3) is 0 Å². The Kier molecular flexibility index (Phi) is 3.56. The fourth-order valence-electron chi connectivity index (χ4n) is 2.08. The van der Waals surface area contributed by atoms with Gasteiger partial charge in [0.2, 0.25) is 0 Å². The third-order valence-corrected chi connectivity index (χ3v) is 4.22. The summed E-state index contributed by atoms with van der Waals surface area (Å²) in [6.45, 7) is 1.62. The zero-order valence-electron chi connectivity index (χ0n) is 10.9. The van der Waals surface area contributed by atoms with Crippen LogP contribution in [0.4, 0.5) is 9.80 Å². The largest absolute Gasteiger partial charge is 0.445 e. The summed E-state index contributed by atoms with van der Waals surface area (Å²) < 4.78 is 5.27. The molecule has 1 saturated heterocycles. The number of nitrogens with two attached hydrogens (primary N) is 1. The van der Waals surface area contributed by atoms with Crippen molar-refractivity contribution in [2.75, 3.05) is 18.8 Å². The minimum atomic E-state index is -0.269. The Bertz CT molecular complexity index is 593. The number of ether oxygens (including phenoxy) is 1. The van der Waals surface area contributed by atoms with Gasteiger partial charge in [-0.3, -0.25) is 0 Å². The molecular weight excluding hydrogens is 274 g/mol. The number of thiazole rings is 1. The Morgan fingerprint density at radius 2 is 2.15 bits per heavy atom. The number of amides is 1. The first-order valence-electron chi connectivity index (χ1n) is 6.39. The number of carbonyl (C=O) groups is 1. The average Bonchev–Trinajstić information content (AvgIpc) is 2.82. The number of rotatable bonds is 3. The van der Waals surface area contributed by atoms with E-state index in [4.69, 9.17) is 10.5 Å². The number of likely N-dealkylation sites (tertiary alicyclic amines) is 1. The lowest BCUT2D eigenvalue weighted by molar-refractivity contribution is 0.0663. The second kappa shape index (κ2) is 5.50. The van der Waals surface area contributed by atoms with Gasteiger partial charge in [0.15, 0.2) is 0 Å². The van der Waals surface area contributed by atoms with Gasteiger partial charge >= 0.3 is 6.09 Å². The summed E-state index contributed by atoms with van der Waals surface area (Å²) >= 11 is 1.48. The lowest BCUT2D eigenvalue weighted by atomic mass is 10.0. The molecule has 20 heavy (non-hydrogen) atoms. The fourth-order valence-corrected chi connectivity index (χ4v) is 2.85. The molecule has 104 valence electrons. The molecule has 2 N–H and O–H groups in total. The molecule has 1 fully saturated rings. The van der Waals surface area contributed by atoms with Crippen LogP contribution in [0, 0.1) is 0 Å². The highest BCUT2D eigenvalue weighted by atomic mass is 32.1. The number of nitrogens with zero attached hydrogens (tertiary/aromatic N) is 2. The van der Waals surface area contributed by atoms with Crippen molar-refractivity contribution in [3.8, 4) is 0 Å². The Labute approximate surface area is 121 Å². The number of nitrogen functional groups attached to an aromatic ring is 1. The van der Waals surface area contributed by atoms with Crippen molar-refractivity contribution in [1.29, 1.82) is 0 Å². The van der Waals surface area contributed by atoms with Gasteiger partial charge in [0.05, 0.1) is 6.20 Å². The minimum absolute atomic E-state index is 0.269. The van der Waals surface area contributed by atoms with Crippen LogP contribution in [-0.4, -0.2) is 29.1 Å². The summed E-state index contributed by atoms with van der Waals surface area (Å²) in [6.07, 6.45) is 1.39. The molecule has 0 atom stereocenters. The van der Waals surface area contributed by atoms with Crippen LogP contribution in [-0.2, 0) is 11.3 Å². The first-order chi connectivity index (χ1) is 9.72. The molecule has 1 aromatic carbocycles. The number of carbonyl (C=O) groups excluding carboxylic acids is 1. The van der Waals surface area contributed by atoms with Gasteiger partial charge in [0.25, 0.3) is 0 Å². The van der Waals surface area contributed by atoms with E-state index in [0.29, 0.717) is 30.6 Å². The van der Waals surface area contributed by atoms with E-state index in [-0.39, 0.29) is 6.09 Å². The maximum absolute atomic E-state index is 11.8. The molecule has 3 rings (SSSR count). The van der Waals surface area contributed by atoms with Crippen LogP contribution in [0.2, 0.25) is 0 Å². The lowest BCUT2D eigenvalue weighted by Crippen LogP contribution is -2.48. The van der Waals surface area contributed by atoms with Crippen molar-refractivity contribution in [3.63, 3.8) is 0 Å². The van der Waals surface area contributed by atoms with E-state index >= 15 is 0 Å². The zero-order valence-corrected chi connectivity index (χ0v) is 11.7. The Morgan fingerprint density at radius 3 is 2.80 bits per heavy atom. The summed E-state index contributed by atoms with van der Waals surface area (Å²) in [7, 11) is 0. The molecule has 1 aliphatic heterocycles. The van der Waals surface area contributed by atoms with E-state index in [0.717, 1.165) is 10.6 Å². The molecule has 2 heterocycles. The summed E-state index contributed by atoms with van der Waals surface area (Å²) in [6, 6.07) is 9.66. The number of hydrogen-bond acceptors (Lipinski definition) is 5. The van der Waals surface area contributed by atoms with Crippen LogP contribution in [0.15, 0.2) is 36.5 Å². The highest BCUT2D eigenvalue weighted by molar-refractivity contribution is 7.15. The molecule has 1 amide bonds. The summed E-state index contributed by atoms with van der Waals surface area (Å²) in [5.74, 6) is 0.293. The number of aromatic nitrogens is 1. The molecule has 0 radical (unpaired) electrons. The second-order valence-corrected chi connectivity index (χ2v) is 5.84. The Morgan fingerprint density at radius 1 is 1.40 bits per heavy atom. The fraction of sp³-hybridized carbons (Fsp3) is 0.286. The SMILES string of the molecule is Nc1cnc(C2CN(C(=O)OCc3ccccc3)C2)s1. The monoisotopic (exact) mass is 289 g/mol. The predicted octanol–water partition coefficient (Wildman–Crippen LogP) is 2.46. The third-order valence-electron chi connectivity index (χ3n) is 3.24. The van der Waals surface area contributed by atoms with Gasteiger partial charge in [-0.15, -0.1) is 11.3 Å². The van der Waals surface area contributed by atoms with Gasteiger partial charge in [-0.25, -0.2) is 9.78 Å². The van der Waals surface area contributed by atoms with Crippen molar-refractivity contribution < 1.29 is 9.53 Å². The summed E-state index contributed by atoms with van der Waals surface area (Å²) in [5, 5.41) is 1.71. The molecular formula is C14H15N3O2S. The number of hydrogen-bond donors (Lipinski definition) is 1. The molecule has 1 aliphatic rings. The van der Waals surface area contributed by atoms with E-state index in [1.54, 1.807) is 11.1 Å². The lowest BCUT2D eigenvalue weighted by Gasteiger charge is -2.37. The van der Waals surface area contributed by atoms with Crippen LogP contribution in [0.3, 0.4) is 0 Å². The second-order valence-electron chi connectivity index (χ2n) is 4.74. The third kappa shape index (κ3) is 2.75. The highest BCUT2D eigenvalue weighted by Gasteiger charge is 2.34. The molecule has 0 bridgehead atoms. The van der Waals surface area contributed by atoms with Gasteiger partial charge in [-0.1, -0.05) is 30.3 Å². The average molecular weight is 289 g/mol. The van der Waals surface area contributed by atoms with Gasteiger partial charge < -0.3 is 15.4 Å². The van der Waals surface area contributed by atoms with Crippen LogP contribution < -0.4 is 5.73 Å². The topological polar surface area (TPSA) is 68.5 Å². The van der Waals surface area contributed by atoms with Gasteiger partial charge in [-0.2, -0.15) is 0 Å². The quantitative estimate of drug-likeness (QED) is 0.942. The number of anilines is 1. The van der Waals surface area contributed by atoms with Crippen LogP contribution in [0.5, 0.6) is 0 Å². The molecule has 5 nitrogen and oxygen atoms in total. The summed E-state index contributed by atoms with van der Waals surface area (Å²) in [5.41, 5.74) is 6.64. The number of benzene rings is 1. The van der Waals surface area contributed by atoms with Crippen molar-refractivity contribution >= 4 is 22.4 Å². The molecule has 0 saturated carbocycles. The molecule has 0 unspecified atom stereocenters. The van der Waals surface area contributed by atoms with Crippen LogP contribution >= 0.6 is 11.3 Å². The van der Waals surface area contributed by atoms with Crippen molar-refractivity contribution in [3.05, 3.63) is 47.1 Å². The van der Waals surface area contributed by atoms with Gasteiger partial charge in [0, 0.05) is 19.0 Å². The maximum atomic E-state index is 11.8. The summed E-state index contributed by atoms with van der Waals surface area (Å²) in [4.78, 5) is 17.8. The Hall–Kier alpha value is -2.08. The highest BCUT2D eigenvalue weighted by Crippen LogP contribution is 2.31. The molecule has 0 aliphatic carbocycles. The van der Waals surface area contributed by atoms with Gasteiger partial charge in [-0.05, 0) is 5.56 Å². The molecule has 2 aromatic rings. The van der Waals surface area contributed by atoms with E-state index in [9.17, 15) is 4.79 Å². The zero-order chi connectivity index (χ0) is 13.9. The van der Waals surface area contributed by atoms with Crippen molar-refractivity contribution in [2.24, 2.45) is 0 Å². The van der Waals surface area contributed by atoms with E-state index in [1.165, 1.54) is 11.3 Å². The first-order valence-corrected chi connectivity index (χ1v) is 7.21. The van der Waals surface area contributed by atoms with Crippen LogP contribution in [0.1, 0.15) is 16.5 Å². The molecule has 1 aromatic heterocycles. The van der Waals surface area contributed by atoms with Crippen molar-refractivity contribution in [1.82, 2.24) is 9.88 Å².